The highest BCUT2D eigenvalue weighted by molar-refractivity contribution is 5.85. The highest BCUT2D eigenvalue weighted by Gasteiger charge is 2.33. The number of hydrogen-bond donors (Lipinski definition) is 1. The third-order valence-electron chi connectivity index (χ3n) is 4.44. The number of carboxylic acids is 1. The fraction of sp³-hybridized carbons (Fsp3) is 0.667. The Labute approximate surface area is 149 Å². The van der Waals surface area contributed by atoms with Crippen molar-refractivity contribution in [2.45, 2.75) is 33.6 Å². The van der Waals surface area contributed by atoms with Crippen LogP contribution >= 0.6 is 24.8 Å². The van der Waals surface area contributed by atoms with Crippen LogP contribution in [-0.4, -0.2) is 44.8 Å². The van der Waals surface area contributed by atoms with Crippen LogP contribution in [0.1, 0.15) is 30.3 Å². The van der Waals surface area contributed by atoms with E-state index in [-0.39, 0.29) is 36.6 Å². The lowest BCUT2D eigenvalue weighted by Crippen LogP contribution is -2.35. The Balaban J connectivity index is 0.00000242. The molecule has 0 saturated carbocycles. The van der Waals surface area contributed by atoms with Crippen LogP contribution in [0.3, 0.4) is 0 Å². The van der Waals surface area contributed by atoms with E-state index in [1.54, 1.807) is 4.90 Å². The van der Waals surface area contributed by atoms with Gasteiger partial charge in [0.05, 0.1) is 11.6 Å². The van der Waals surface area contributed by atoms with Gasteiger partial charge < -0.3 is 10.0 Å². The molecule has 0 radical (unpaired) electrons. The highest BCUT2D eigenvalue weighted by atomic mass is 35.5. The van der Waals surface area contributed by atoms with E-state index in [9.17, 15) is 9.59 Å². The SMILES string of the molecule is Cc1nn(C)c(C)c1CC(C)C(=O)N1CCC(C(=O)O)C1.Cl.Cl. The van der Waals surface area contributed by atoms with Gasteiger partial charge in [0.15, 0.2) is 0 Å². The Hall–Kier alpha value is -1.27. The quantitative estimate of drug-likeness (QED) is 0.884. The average Bonchev–Trinajstić information content (AvgIpc) is 2.99. The van der Waals surface area contributed by atoms with Crippen molar-refractivity contribution in [3.8, 4) is 0 Å². The lowest BCUT2D eigenvalue weighted by atomic mass is 9.98. The number of rotatable bonds is 4. The van der Waals surface area contributed by atoms with Crippen molar-refractivity contribution in [2.75, 3.05) is 13.1 Å². The predicted octanol–water partition coefficient (Wildman–Crippen LogP) is 1.99. The Bertz CT molecular complexity index is 575. The minimum absolute atomic E-state index is 0. The molecule has 1 aromatic rings. The number of carbonyl (C=O) groups excluding carboxylic acids is 1. The molecular weight excluding hydrogens is 341 g/mol. The van der Waals surface area contributed by atoms with E-state index < -0.39 is 11.9 Å². The number of likely N-dealkylation sites (tertiary alicyclic amines) is 1. The normalized spacial score (nSPS) is 18.1. The molecule has 132 valence electrons. The summed E-state index contributed by atoms with van der Waals surface area (Å²) in [4.78, 5) is 25.1. The van der Waals surface area contributed by atoms with Crippen LogP contribution in [0.4, 0.5) is 0 Å². The van der Waals surface area contributed by atoms with Crippen LogP contribution in [0.15, 0.2) is 0 Å². The molecule has 0 aromatic carbocycles. The van der Waals surface area contributed by atoms with Crippen molar-refractivity contribution in [1.29, 1.82) is 0 Å². The minimum Gasteiger partial charge on any atom is -0.481 e. The number of carboxylic acid groups (broad SMARTS) is 1. The summed E-state index contributed by atoms with van der Waals surface area (Å²) < 4.78 is 1.83. The van der Waals surface area contributed by atoms with Crippen molar-refractivity contribution in [2.24, 2.45) is 18.9 Å². The molecule has 2 heterocycles. The summed E-state index contributed by atoms with van der Waals surface area (Å²) in [6.45, 7) is 6.75. The van der Waals surface area contributed by atoms with Crippen LogP contribution in [0.2, 0.25) is 0 Å². The van der Waals surface area contributed by atoms with Gasteiger partial charge >= 0.3 is 5.97 Å². The lowest BCUT2D eigenvalue weighted by Gasteiger charge is -2.20. The zero-order valence-electron chi connectivity index (χ0n) is 13.9. The molecule has 1 N–H and O–H groups in total. The fourth-order valence-corrected chi connectivity index (χ4v) is 2.98. The van der Waals surface area contributed by atoms with Crippen LogP contribution in [-0.2, 0) is 23.1 Å². The van der Waals surface area contributed by atoms with Gasteiger partial charge in [0, 0.05) is 31.7 Å². The van der Waals surface area contributed by atoms with Crippen molar-refractivity contribution in [1.82, 2.24) is 14.7 Å². The number of halogens is 2. The van der Waals surface area contributed by atoms with Gasteiger partial charge in [-0.3, -0.25) is 14.3 Å². The lowest BCUT2D eigenvalue weighted by molar-refractivity contribution is -0.141. The highest BCUT2D eigenvalue weighted by Crippen LogP contribution is 2.22. The first-order valence-electron chi connectivity index (χ1n) is 7.32. The van der Waals surface area contributed by atoms with E-state index in [1.165, 1.54) is 0 Å². The maximum absolute atomic E-state index is 12.5. The first-order valence-corrected chi connectivity index (χ1v) is 7.32. The smallest absolute Gasteiger partial charge is 0.308 e. The second-order valence-corrected chi connectivity index (χ2v) is 5.99. The van der Waals surface area contributed by atoms with Gasteiger partial charge in [0.25, 0.3) is 0 Å². The second kappa shape index (κ2) is 8.55. The number of aryl methyl sites for hydroxylation is 2. The largest absolute Gasteiger partial charge is 0.481 e. The predicted molar refractivity (Wildman–Crippen MR) is 92.4 cm³/mol. The summed E-state index contributed by atoms with van der Waals surface area (Å²) in [5.41, 5.74) is 3.16. The zero-order chi connectivity index (χ0) is 15.7. The number of hydrogen-bond acceptors (Lipinski definition) is 3. The Morgan fingerprint density at radius 1 is 1.35 bits per heavy atom. The summed E-state index contributed by atoms with van der Waals surface area (Å²) in [7, 11) is 1.90. The standard InChI is InChI=1S/C15H23N3O3.2ClH/c1-9(7-13-10(2)16-17(4)11(13)3)14(19)18-6-5-12(8-18)15(20)21;;/h9,12H,5-8H2,1-4H3,(H,20,21);2*1H. The monoisotopic (exact) mass is 365 g/mol. The van der Waals surface area contributed by atoms with Crippen molar-refractivity contribution in [3.05, 3.63) is 17.0 Å². The number of aliphatic carboxylic acids is 1. The molecule has 23 heavy (non-hydrogen) atoms. The van der Waals surface area contributed by atoms with Crippen LogP contribution in [0.5, 0.6) is 0 Å². The molecule has 2 atom stereocenters. The minimum atomic E-state index is -0.808. The summed E-state index contributed by atoms with van der Waals surface area (Å²) >= 11 is 0. The summed E-state index contributed by atoms with van der Waals surface area (Å²) in [6, 6.07) is 0. The first-order chi connectivity index (χ1) is 9.81. The number of nitrogens with zero attached hydrogens (tertiary/aromatic N) is 3. The van der Waals surface area contributed by atoms with Crippen molar-refractivity contribution >= 4 is 36.7 Å². The molecule has 0 bridgehead atoms. The molecule has 2 rings (SSSR count). The molecule has 8 heteroatoms. The van der Waals surface area contributed by atoms with Crippen LogP contribution in [0, 0.1) is 25.7 Å². The van der Waals surface area contributed by atoms with Gasteiger partial charge in [0.2, 0.25) is 5.91 Å². The summed E-state index contributed by atoms with van der Waals surface area (Å²) in [5.74, 6) is -1.33. The first kappa shape index (κ1) is 21.7. The van der Waals surface area contributed by atoms with Gasteiger partial charge in [-0.15, -0.1) is 24.8 Å². The van der Waals surface area contributed by atoms with E-state index in [1.807, 2.05) is 32.5 Å². The molecule has 0 spiro atoms. The van der Waals surface area contributed by atoms with Gasteiger partial charge in [0.1, 0.15) is 0 Å². The number of carbonyl (C=O) groups is 2. The van der Waals surface area contributed by atoms with Crippen LogP contribution < -0.4 is 0 Å². The number of aromatic nitrogens is 2. The van der Waals surface area contributed by atoms with E-state index in [0.717, 1.165) is 17.0 Å². The Kier molecular flexibility index (Phi) is 8.07. The summed E-state index contributed by atoms with van der Waals surface area (Å²) in [6.07, 6.45) is 1.21. The third-order valence-corrected chi connectivity index (χ3v) is 4.44. The average molecular weight is 366 g/mol. The molecule has 2 unspecified atom stereocenters. The maximum Gasteiger partial charge on any atom is 0.308 e. The van der Waals surface area contributed by atoms with Crippen molar-refractivity contribution < 1.29 is 14.7 Å². The Morgan fingerprint density at radius 3 is 2.39 bits per heavy atom. The molecular formula is C15H25Cl2N3O3. The molecule has 1 saturated heterocycles. The zero-order valence-corrected chi connectivity index (χ0v) is 15.5. The van der Waals surface area contributed by atoms with Gasteiger partial charge in [-0.25, -0.2) is 0 Å². The fourth-order valence-electron chi connectivity index (χ4n) is 2.98. The summed E-state index contributed by atoms with van der Waals surface area (Å²) in [5, 5.41) is 13.4. The third kappa shape index (κ3) is 4.61. The van der Waals surface area contributed by atoms with E-state index in [4.69, 9.17) is 5.11 Å². The molecule has 0 aliphatic carbocycles. The molecule has 1 amide bonds. The number of amides is 1. The van der Waals surface area contributed by atoms with Gasteiger partial charge in [-0.2, -0.15) is 5.10 Å². The maximum atomic E-state index is 12.5. The molecule has 1 fully saturated rings. The van der Waals surface area contributed by atoms with Crippen molar-refractivity contribution in [3.63, 3.8) is 0 Å². The van der Waals surface area contributed by atoms with E-state index >= 15 is 0 Å². The van der Waals surface area contributed by atoms with Gasteiger partial charge in [-0.1, -0.05) is 6.92 Å². The molecule has 1 aliphatic heterocycles. The van der Waals surface area contributed by atoms with Gasteiger partial charge in [-0.05, 0) is 32.3 Å². The molecule has 1 aliphatic rings. The van der Waals surface area contributed by atoms with E-state index in [0.29, 0.717) is 25.9 Å². The Morgan fingerprint density at radius 2 is 1.96 bits per heavy atom. The molecule has 1 aromatic heterocycles. The molecule has 6 nitrogen and oxygen atoms in total. The van der Waals surface area contributed by atoms with E-state index in [2.05, 4.69) is 5.10 Å². The second-order valence-electron chi connectivity index (χ2n) is 5.99. The van der Waals surface area contributed by atoms with Crippen LogP contribution in [0.25, 0.3) is 0 Å². The topological polar surface area (TPSA) is 75.4 Å².